The van der Waals surface area contributed by atoms with Gasteiger partial charge in [-0.1, -0.05) is 13.0 Å². The van der Waals surface area contributed by atoms with Crippen molar-refractivity contribution in [3.8, 4) is 0 Å². The summed E-state index contributed by atoms with van der Waals surface area (Å²) < 4.78 is 0. The average molecular weight is 352 g/mol. The SMILES string of the molecule is CC(=O)Nc1cccc(NC(=O)c2ccc(N3CCC(C)CC3)cn2)c1. The summed E-state index contributed by atoms with van der Waals surface area (Å²) in [6.45, 7) is 5.79. The third kappa shape index (κ3) is 4.59. The van der Waals surface area contributed by atoms with Gasteiger partial charge in [0.1, 0.15) is 5.69 Å². The van der Waals surface area contributed by atoms with Gasteiger partial charge >= 0.3 is 0 Å². The van der Waals surface area contributed by atoms with E-state index >= 15 is 0 Å². The first-order chi connectivity index (χ1) is 12.5. The van der Waals surface area contributed by atoms with Crippen molar-refractivity contribution in [2.75, 3.05) is 28.6 Å². The number of amides is 2. The fourth-order valence-electron chi connectivity index (χ4n) is 3.05. The van der Waals surface area contributed by atoms with E-state index in [4.69, 9.17) is 0 Å². The van der Waals surface area contributed by atoms with Gasteiger partial charge < -0.3 is 15.5 Å². The largest absolute Gasteiger partial charge is 0.370 e. The van der Waals surface area contributed by atoms with Gasteiger partial charge in [0.05, 0.1) is 11.9 Å². The van der Waals surface area contributed by atoms with Crippen molar-refractivity contribution in [1.82, 2.24) is 4.98 Å². The number of carbonyl (C=O) groups excluding carboxylic acids is 2. The summed E-state index contributed by atoms with van der Waals surface area (Å²) in [6, 6.07) is 10.7. The molecule has 0 spiro atoms. The van der Waals surface area contributed by atoms with Gasteiger partial charge in [0, 0.05) is 31.4 Å². The highest BCUT2D eigenvalue weighted by atomic mass is 16.2. The minimum atomic E-state index is -0.274. The van der Waals surface area contributed by atoms with Crippen LogP contribution in [0.3, 0.4) is 0 Å². The predicted molar refractivity (Wildman–Crippen MR) is 104 cm³/mol. The maximum Gasteiger partial charge on any atom is 0.274 e. The fraction of sp³-hybridized carbons (Fsp3) is 0.350. The monoisotopic (exact) mass is 352 g/mol. The van der Waals surface area contributed by atoms with Crippen LogP contribution in [0.4, 0.5) is 17.1 Å². The number of nitrogens with one attached hydrogen (secondary N) is 2. The first kappa shape index (κ1) is 17.9. The summed E-state index contributed by atoms with van der Waals surface area (Å²) in [5.74, 6) is 0.346. The molecule has 0 unspecified atom stereocenters. The number of nitrogens with zero attached hydrogens (tertiary/aromatic N) is 2. The van der Waals surface area contributed by atoms with Crippen molar-refractivity contribution in [2.45, 2.75) is 26.7 Å². The van der Waals surface area contributed by atoms with E-state index in [1.165, 1.54) is 19.8 Å². The molecular formula is C20H24N4O2. The molecule has 0 radical (unpaired) electrons. The predicted octanol–water partition coefficient (Wildman–Crippen LogP) is 3.53. The van der Waals surface area contributed by atoms with Crippen LogP contribution in [0.2, 0.25) is 0 Å². The maximum absolute atomic E-state index is 12.4. The van der Waals surface area contributed by atoms with Crippen molar-refractivity contribution in [2.24, 2.45) is 5.92 Å². The van der Waals surface area contributed by atoms with Crippen LogP contribution in [-0.2, 0) is 4.79 Å². The van der Waals surface area contributed by atoms with Crippen LogP contribution in [0.15, 0.2) is 42.6 Å². The third-order valence-electron chi connectivity index (χ3n) is 4.57. The summed E-state index contributed by atoms with van der Waals surface area (Å²) in [5.41, 5.74) is 2.67. The van der Waals surface area contributed by atoms with Crippen LogP contribution in [-0.4, -0.2) is 29.9 Å². The van der Waals surface area contributed by atoms with E-state index in [-0.39, 0.29) is 11.8 Å². The highest BCUT2D eigenvalue weighted by molar-refractivity contribution is 6.03. The van der Waals surface area contributed by atoms with Gasteiger partial charge in [-0.25, -0.2) is 4.98 Å². The van der Waals surface area contributed by atoms with E-state index < -0.39 is 0 Å². The Morgan fingerprint density at radius 2 is 1.77 bits per heavy atom. The molecule has 26 heavy (non-hydrogen) atoms. The highest BCUT2D eigenvalue weighted by Crippen LogP contribution is 2.22. The number of pyridine rings is 1. The van der Waals surface area contributed by atoms with Crippen molar-refractivity contribution >= 4 is 28.9 Å². The van der Waals surface area contributed by atoms with Crippen LogP contribution in [0, 0.1) is 5.92 Å². The zero-order valence-corrected chi connectivity index (χ0v) is 15.2. The lowest BCUT2D eigenvalue weighted by atomic mass is 9.99. The van der Waals surface area contributed by atoms with E-state index in [1.807, 2.05) is 6.07 Å². The second-order valence-corrected chi connectivity index (χ2v) is 6.79. The van der Waals surface area contributed by atoms with E-state index in [0.29, 0.717) is 17.1 Å². The Labute approximate surface area is 153 Å². The van der Waals surface area contributed by atoms with Crippen LogP contribution in [0.1, 0.15) is 37.2 Å². The number of anilines is 3. The number of carbonyl (C=O) groups is 2. The Kier molecular flexibility index (Phi) is 5.51. The third-order valence-corrected chi connectivity index (χ3v) is 4.57. The zero-order chi connectivity index (χ0) is 18.5. The van der Waals surface area contributed by atoms with E-state index in [0.717, 1.165) is 24.7 Å². The fourth-order valence-corrected chi connectivity index (χ4v) is 3.05. The average Bonchev–Trinajstić information content (AvgIpc) is 2.62. The lowest BCUT2D eigenvalue weighted by molar-refractivity contribution is -0.114. The Balaban J connectivity index is 1.64. The van der Waals surface area contributed by atoms with Crippen molar-refractivity contribution in [1.29, 1.82) is 0 Å². The van der Waals surface area contributed by atoms with Crippen molar-refractivity contribution < 1.29 is 9.59 Å². The van der Waals surface area contributed by atoms with Crippen molar-refractivity contribution in [3.05, 3.63) is 48.3 Å². The molecule has 6 nitrogen and oxygen atoms in total. The van der Waals surface area contributed by atoms with Gasteiger partial charge in [-0.3, -0.25) is 9.59 Å². The maximum atomic E-state index is 12.4. The van der Waals surface area contributed by atoms with E-state index in [2.05, 4.69) is 27.4 Å². The number of rotatable bonds is 4. The zero-order valence-electron chi connectivity index (χ0n) is 15.2. The topological polar surface area (TPSA) is 74.3 Å². The normalized spacial score (nSPS) is 14.8. The van der Waals surface area contributed by atoms with Gasteiger partial charge in [-0.05, 0) is 49.1 Å². The summed E-state index contributed by atoms with van der Waals surface area (Å²) in [4.78, 5) is 30.2. The minimum Gasteiger partial charge on any atom is -0.370 e. The first-order valence-electron chi connectivity index (χ1n) is 8.91. The van der Waals surface area contributed by atoms with Gasteiger partial charge in [-0.15, -0.1) is 0 Å². The Morgan fingerprint density at radius 1 is 1.08 bits per heavy atom. The van der Waals surface area contributed by atoms with Crippen LogP contribution in [0.25, 0.3) is 0 Å². The molecule has 1 aromatic heterocycles. The molecule has 136 valence electrons. The molecule has 1 saturated heterocycles. The molecule has 0 aliphatic carbocycles. The van der Waals surface area contributed by atoms with Crippen LogP contribution in [0.5, 0.6) is 0 Å². The molecular weight excluding hydrogens is 328 g/mol. The molecule has 2 amide bonds. The Bertz CT molecular complexity index is 781. The lowest BCUT2D eigenvalue weighted by Gasteiger charge is -2.31. The molecule has 2 N–H and O–H groups in total. The van der Waals surface area contributed by atoms with Gasteiger partial charge in [0.2, 0.25) is 5.91 Å². The molecule has 1 aliphatic rings. The van der Waals surface area contributed by atoms with E-state index in [1.54, 1.807) is 36.5 Å². The molecule has 3 rings (SSSR count). The van der Waals surface area contributed by atoms with Crippen molar-refractivity contribution in [3.63, 3.8) is 0 Å². The molecule has 2 heterocycles. The smallest absolute Gasteiger partial charge is 0.274 e. The molecule has 1 fully saturated rings. The number of hydrogen-bond donors (Lipinski definition) is 2. The summed E-state index contributed by atoms with van der Waals surface area (Å²) in [7, 11) is 0. The van der Waals surface area contributed by atoms with Gasteiger partial charge in [0.25, 0.3) is 5.91 Å². The second kappa shape index (κ2) is 7.99. The summed E-state index contributed by atoms with van der Waals surface area (Å²) in [6.07, 6.45) is 4.14. The van der Waals surface area contributed by atoms with Crippen LogP contribution >= 0.6 is 0 Å². The highest BCUT2D eigenvalue weighted by Gasteiger charge is 2.17. The molecule has 1 aromatic carbocycles. The van der Waals surface area contributed by atoms with Crippen LogP contribution < -0.4 is 15.5 Å². The molecule has 0 atom stereocenters. The first-order valence-corrected chi connectivity index (χ1v) is 8.91. The van der Waals surface area contributed by atoms with E-state index in [9.17, 15) is 9.59 Å². The molecule has 0 saturated carbocycles. The lowest BCUT2D eigenvalue weighted by Crippen LogP contribution is -2.32. The number of piperidine rings is 1. The Hall–Kier alpha value is -2.89. The molecule has 6 heteroatoms. The minimum absolute atomic E-state index is 0.155. The van der Waals surface area contributed by atoms with Gasteiger partial charge in [-0.2, -0.15) is 0 Å². The second-order valence-electron chi connectivity index (χ2n) is 6.79. The summed E-state index contributed by atoms with van der Waals surface area (Å²) in [5, 5.41) is 5.50. The number of benzene rings is 1. The standard InChI is InChI=1S/C20H24N4O2/c1-14-8-10-24(11-9-14)18-6-7-19(21-13-18)20(26)23-17-5-3-4-16(12-17)22-15(2)25/h3-7,12-14H,8-11H2,1-2H3,(H,22,25)(H,23,26). The quantitative estimate of drug-likeness (QED) is 0.883. The summed E-state index contributed by atoms with van der Waals surface area (Å²) >= 11 is 0. The molecule has 0 bridgehead atoms. The number of aromatic nitrogens is 1. The number of hydrogen-bond acceptors (Lipinski definition) is 4. The Morgan fingerprint density at radius 3 is 2.38 bits per heavy atom. The molecule has 1 aliphatic heterocycles. The van der Waals surface area contributed by atoms with Gasteiger partial charge in [0.15, 0.2) is 0 Å². The molecule has 2 aromatic rings.